The maximum atomic E-state index is 10.5. The summed E-state index contributed by atoms with van der Waals surface area (Å²) in [5.74, 6) is -0.0107. The van der Waals surface area contributed by atoms with Crippen molar-refractivity contribution in [3.8, 4) is 0 Å². The minimum atomic E-state index is -0.0107. The highest BCUT2D eigenvalue weighted by Crippen LogP contribution is 1.88. The fourth-order valence-electron chi connectivity index (χ4n) is 0.434. The monoisotopic (exact) mass is 124 g/mol. The zero-order valence-corrected chi connectivity index (χ0v) is 5.76. The molecule has 0 amide bonds. The molecule has 0 spiro atoms. The van der Waals surface area contributed by atoms with Crippen molar-refractivity contribution in [1.29, 1.82) is 0 Å². The van der Waals surface area contributed by atoms with Crippen LogP contribution in [0.15, 0.2) is 24.8 Å². The summed E-state index contributed by atoms with van der Waals surface area (Å²) in [6.07, 6.45) is 6.78. The fraction of sp³-hybridized carbons (Fsp3) is 0.375. The lowest BCUT2D eigenvalue weighted by molar-refractivity contribution is -0.110. The Balaban J connectivity index is 3.44. The molecule has 0 saturated carbocycles. The second-order valence-electron chi connectivity index (χ2n) is 1.80. The van der Waals surface area contributed by atoms with Crippen molar-refractivity contribution >= 4 is 5.78 Å². The van der Waals surface area contributed by atoms with Crippen LogP contribution in [-0.4, -0.2) is 5.78 Å². The summed E-state index contributed by atoms with van der Waals surface area (Å²) in [5.41, 5.74) is 0. The maximum Gasteiger partial charge on any atom is 0.177 e. The molecular weight excluding hydrogens is 112 g/mol. The van der Waals surface area contributed by atoms with E-state index >= 15 is 0 Å². The van der Waals surface area contributed by atoms with Gasteiger partial charge in [-0.3, -0.25) is 4.79 Å². The van der Waals surface area contributed by atoms with Crippen LogP contribution < -0.4 is 0 Å². The lowest BCUT2D eigenvalue weighted by Crippen LogP contribution is -1.81. The smallest absolute Gasteiger partial charge is 0.177 e. The number of carbonyl (C=O) groups excluding carboxylic acids is 1. The summed E-state index contributed by atoms with van der Waals surface area (Å²) < 4.78 is 0. The topological polar surface area (TPSA) is 17.1 Å². The highest BCUT2D eigenvalue weighted by Gasteiger charge is 1.82. The summed E-state index contributed by atoms with van der Waals surface area (Å²) in [6.45, 7) is 5.41. The predicted octanol–water partition coefficient (Wildman–Crippen LogP) is 2.10. The van der Waals surface area contributed by atoms with Gasteiger partial charge in [0.25, 0.3) is 0 Å². The quantitative estimate of drug-likeness (QED) is 0.524. The minimum Gasteiger partial charge on any atom is -0.290 e. The van der Waals surface area contributed by atoms with Gasteiger partial charge in [0, 0.05) is 0 Å². The maximum absolute atomic E-state index is 10.5. The van der Waals surface area contributed by atoms with Crippen molar-refractivity contribution in [3.63, 3.8) is 0 Å². The van der Waals surface area contributed by atoms with Gasteiger partial charge in [-0.05, 0) is 18.6 Å². The molecule has 0 rings (SSSR count). The number of ketones is 1. The standard InChI is InChI=1S/C8H12O/c1-3-5-6-7-8(9)4-2/h4,6-7H,2-3,5H2,1H3/b7-6-. The Labute approximate surface area is 56.1 Å². The molecule has 50 valence electrons. The molecule has 0 atom stereocenters. The summed E-state index contributed by atoms with van der Waals surface area (Å²) in [6, 6.07) is 0. The second-order valence-corrected chi connectivity index (χ2v) is 1.80. The number of unbranched alkanes of at least 4 members (excludes halogenated alkanes) is 1. The summed E-state index contributed by atoms with van der Waals surface area (Å²) in [4.78, 5) is 10.5. The van der Waals surface area contributed by atoms with Crippen LogP contribution in [0.4, 0.5) is 0 Å². The van der Waals surface area contributed by atoms with Crippen molar-refractivity contribution in [2.24, 2.45) is 0 Å². The van der Waals surface area contributed by atoms with Crippen molar-refractivity contribution in [1.82, 2.24) is 0 Å². The molecule has 0 N–H and O–H groups in total. The molecule has 0 fully saturated rings. The van der Waals surface area contributed by atoms with Gasteiger partial charge in [-0.1, -0.05) is 26.0 Å². The van der Waals surface area contributed by atoms with Gasteiger partial charge < -0.3 is 0 Å². The van der Waals surface area contributed by atoms with E-state index in [4.69, 9.17) is 0 Å². The van der Waals surface area contributed by atoms with Gasteiger partial charge in [-0.25, -0.2) is 0 Å². The molecule has 0 aliphatic rings. The molecule has 0 bridgehead atoms. The van der Waals surface area contributed by atoms with E-state index in [2.05, 4.69) is 13.5 Å². The van der Waals surface area contributed by atoms with E-state index in [-0.39, 0.29) is 5.78 Å². The highest BCUT2D eigenvalue weighted by atomic mass is 16.1. The van der Waals surface area contributed by atoms with Crippen LogP contribution in [0, 0.1) is 0 Å². The Morgan fingerprint density at radius 1 is 1.67 bits per heavy atom. The summed E-state index contributed by atoms with van der Waals surface area (Å²) in [5, 5.41) is 0. The first-order valence-corrected chi connectivity index (χ1v) is 3.14. The SMILES string of the molecule is C=CC(=O)/C=C\CCC. The molecule has 1 nitrogen and oxygen atoms in total. The Kier molecular flexibility index (Phi) is 4.79. The van der Waals surface area contributed by atoms with Crippen molar-refractivity contribution in [3.05, 3.63) is 24.8 Å². The average Bonchev–Trinajstić information content (AvgIpc) is 1.89. The molecular formula is C8H12O. The van der Waals surface area contributed by atoms with E-state index in [0.717, 1.165) is 12.8 Å². The Bertz CT molecular complexity index is 123. The first-order chi connectivity index (χ1) is 4.31. The first kappa shape index (κ1) is 8.15. The molecule has 0 heterocycles. The van der Waals surface area contributed by atoms with Crippen molar-refractivity contribution < 1.29 is 4.79 Å². The van der Waals surface area contributed by atoms with Gasteiger partial charge in [0.2, 0.25) is 0 Å². The molecule has 0 aliphatic heterocycles. The number of allylic oxidation sites excluding steroid dienone is 3. The minimum absolute atomic E-state index is 0.0107. The second kappa shape index (κ2) is 5.29. The summed E-state index contributed by atoms with van der Waals surface area (Å²) in [7, 11) is 0. The van der Waals surface area contributed by atoms with E-state index in [0.29, 0.717) is 0 Å². The molecule has 0 radical (unpaired) electrons. The molecule has 0 aliphatic carbocycles. The predicted molar refractivity (Wildman–Crippen MR) is 39.3 cm³/mol. The number of hydrogen-bond acceptors (Lipinski definition) is 1. The van der Waals surface area contributed by atoms with Crippen LogP contribution >= 0.6 is 0 Å². The Hall–Kier alpha value is -0.850. The molecule has 0 unspecified atom stereocenters. The molecule has 0 aromatic carbocycles. The third-order valence-electron chi connectivity index (χ3n) is 0.939. The van der Waals surface area contributed by atoms with E-state index in [1.807, 2.05) is 6.08 Å². The van der Waals surface area contributed by atoms with Gasteiger partial charge in [-0.15, -0.1) is 0 Å². The van der Waals surface area contributed by atoms with Gasteiger partial charge >= 0.3 is 0 Å². The van der Waals surface area contributed by atoms with E-state index < -0.39 is 0 Å². The molecule has 0 aromatic rings. The zero-order chi connectivity index (χ0) is 7.11. The van der Waals surface area contributed by atoms with Crippen LogP contribution in [0.5, 0.6) is 0 Å². The fourth-order valence-corrected chi connectivity index (χ4v) is 0.434. The Morgan fingerprint density at radius 3 is 2.78 bits per heavy atom. The number of rotatable bonds is 4. The largest absolute Gasteiger partial charge is 0.290 e. The average molecular weight is 124 g/mol. The van der Waals surface area contributed by atoms with Gasteiger partial charge in [-0.2, -0.15) is 0 Å². The summed E-state index contributed by atoms with van der Waals surface area (Å²) >= 11 is 0. The Morgan fingerprint density at radius 2 is 2.33 bits per heavy atom. The van der Waals surface area contributed by atoms with Crippen LogP contribution in [0.3, 0.4) is 0 Å². The normalized spacial score (nSPS) is 9.89. The lowest BCUT2D eigenvalue weighted by Gasteiger charge is -1.81. The third-order valence-corrected chi connectivity index (χ3v) is 0.939. The van der Waals surface area contributed by atoms with Gasteiger partial charge in [0.15, 0.2) is 5.78 Å². The molecule has 1 heteroatoms. The van der Waals surface area contributed by atoms with Crippen LogP contribution in [-0.2, 0) is 4.79 Å². The lowest BCUT2D eigenvalue weighted by atomic mass is 10.3. The molecule has 9 heavy (non-hydrogen) atoms. The van der Waals surface area contributed by atoms with E-state index in [9.17, 15) is 4.79 Å². The van der Waals surface area contributed by atoms with Crippen LogP contribution in [0.25, 0.3) is 0 Å². The third kappa shape index (κ3) is 5.01. The number of carbonyl (C=O) groups is 1. The van der Waals surface area contributed by atoms with Gasteiger partial charge in [0.05, 0.1) is 0 Å². The first-order valence-electron chi connectivity index (χ1n) is 3.14. The van der Waals surface area contributed by atoms with Gasteiger partial charge in [0.1, 0.15) is 0 Å². The molecule has 0 saturated heterocycles. The number of hydrogen-bond donors (Lipinski definition) is 0. The highest BCUT2D eigenvalue weighted by molar-refractivity contribution is 5.98. The van der Waals surface area contributed by atoms with Crippen LogP contribution in [0.2, 0.25) is 0 Å². The molecule has 0 aromatic heterocycles. The van der Waals surface area contributed by atoms with Crippen LogP contribution in [0.1, 0.15) is 19.8 Å². The zero-order valence-electron chi connectivity index (χ0n) is 5.76. The van der Waals surface area contributed by atoms with Crippen molar-refractivity contribution in [2.45, 2.75) is 19.8 Å². The van der Waals surface area contributed by atoms with Crippen molar-refractivity contribution in [2.75, 3.05) is 0 Å². The van der Waals surface area contributed by atoms with E-state index in [1.165, 1.54) is 6.08 Å². The van der Waals surface area contributed by atoms with E-state index in [1.54, 1.807) is 6.08 Å².